The second-order valence-corrected chi connectivity index (χ2v) is 2.94. The predicted octanol–water partition coefficient (Wildman–Crippen LogP) is 0.204. The second-order valence-electron chi connectivity index (χ2n) is 2.94. The number of carbonyl (C=O) groups is 4. The molecule has 18 heavy (non-hydrogen) atoms. The molecule has 8 nitrogen and oxygen atoms in total. The van der Waals surface area contributed by atoms with Gasteiger partial charge in [0.15, 0.2) is 0 Å². The van der Waals surface area contributed by atoms with Gasteiger partial charge in [0.1, 0.15) is 0 Å². The molecule has 0 fully saturated rings. The Hall–Kier alpha value is -2.64. The highest BCUT2D eigenvalue weighted by Gasteiger charge is 2.01. The molecule has 4 N–H and O–H groups in total. The van der Waals surface area contributed by atoms with E-state index in [4.69, 9.17) is 20.4 Å². The van der Waals surface area contributed by atoms with Crippen LogP contribution >= 0.6 is 0 Å². The minimum Gasteiger partial charge on any atom is -0.478 e. The fourth-order valence-electron chi connectivity index (χ4n) is 0.494. The highest BCUT2D eigenvalue weighted by molar-refractivity contribution is 5.94. The van der Waals surface area contributed by atoms with Crippen molar-refractivity contribution < 1.29 is 39.6 Å². The van der Waals surface area contributed by atoms with E-state index in [0.29, 0.717) is 12.2 Å². The molecule has 0 spiro atoms. The molecular weight excluding hydrogens is 248 g/mol. The van der Waals surface area contributed by atoms with Gasteiger partial charge in [0.25, 0.3) is 0 Å². The molecule has 0 saturated heterocycles. The van der Waals surface area contributed by atoms with Crippen LogP contribution in [0, 0.1) is 0 Å². The number of carboxylic acid groups (broad SMARTS) is 4. The summed E-state index contributed by atoms with van der Waals surface area (Å²) in [7, 11) is 0. The van der Waals surface area contributed by atoms with Crippen molar-refractivity contribution in [2.24, 2.45) is 0 Å². The number of carboxylic acids is 4. The average molecular weight is 260 g/mol. The molecule has 100 valence electrons. The van der Waals surface area contributed by atoms with E-state index in [2.05, 4.69) is 0 Å². The molecular formula is C10H12O8. The molecule has 0 aromatic heterocycles. The molecule has 0 rings (SSSR count). The molecule has 0 aliphatic heterocycles. The summed E-state index contributed by atoms with van der Waals surface area (Å²) in [5.74, 6) is -4.90. The summed E-state index contributed by atoms with van der Waals surface area (Å²) in [6.07, 6.45) is 1.28. The fourth-order valence-corrected chi connectivity index (χ4v) is 0.494. The average Bonchev–Trinajstić information content (AvgIpc) is 2.16. The highest BCUT2D eigenvalue weighted by Crippen LogP contribution is 1.90. The maximum atomic E-state index is 9.90. The Kier molecular flexibility index (Phi) is 8.38. The number of aliphatic carboxylic acids is 4. The summed E-state index contributed by atoms with van der Waals surface area (Å²) >= 11 is 0. The molecule has 0 aromatic carbocycles. The highest BCUT2D eigenvalue weighted by atomic mass is 16.4. The zero-order valence-corrected chi connectivity index (χ0v) is 9.58. The Morgan fingerprint density at radius 2 is 0.889 bits per heavy atom. The largest absolute Gasteiger partial charge is 0.478 e. The van der Waals surface area contributed by atoms with Crippen LogP contribution in [0.5, 0.6) is 0 Å². The monoisotopic (exact) mass is 260 g/mol. The van der Waals surface area contributed by atoms with E-state index in [9.17, 15) is 19.2 Å². The van der Waals surface area contributed by atoms with Gasteiger partial charge in [0, 0.05) is 23.3 Å². The second kappa shape index (κ2) is 8.50. The molecule has 0 heterocycles. The Morgan fingerprint density at radius 1 is 0.667 bits per heavy atom. The van der Waals surface area contributed by atoms with Crippen molar-refractivity contribution in [2.45, 2.75) is 13.8 Å². The minimum atomic E-state index is -1.24. The van der Waals surface area contributed by atoms with Crippen molar-refractivity contribution in [1.29, 1.82) is 0 Å². The van der Waals surface area contributed by atoms with Crippen molar-refractivity contribution in [1.82, 2.24) is 0 Å². The third kappa shape index (κ3) is 11.4. The number of hydrogen-bond donors (Lipinski definition) is 4. The molecule has 0 unspecified atom stereocenters. The van der Waals surface area contributed by atoms with Crippen LogP contribution < -0.4 is 0 Å². The van der Waals surface area contributed by atoms with Gasteiger partial charge in [-0.3, -0.25) is 0 Å². The maximum absolute atomic E-state index is 9.90. The van der Waals surface area contributed by atoms with Crippen LogP contribution in [0.1, 0.15) is 13.8 Å². The van der Waals surface area contributed by atoms with E-state index in [1.54, 1.807) is 0 Å². The minimum absolute atomic E-state index is 0.178. The van der Waals surface area contributed by atoms with Gasteiger partial charge in [0.05, 0.1) is 0 Å². The molecule has 0 radical (unpaired) electrons. The fraction of sp³-hybridized carbons (Fsp3) is 0.200. The molecule has 0 atom stereocenters. The van der Waals surface area contributed by atoms with Gasteiger partial charge in [-0.15, -0.1) is 0 Å². The van der Waals surface area contributed by atoms with Crippen molar-refractivity contribution in [3.05, 3.63) is 23.3 Å². The number of rotatable bonds is 4. The molecule has 0 aliphatic rings. The summed E-state index contributed by atoms with van der Waals surface area (Å²) in [4.78, 5) is 39.4. The van der Waals surface area contributed by atoms with Gasteiger partial charge >= 0.3 is 23.9 Å². The summed E-state index contributed by atoms with van der Waals surface area (Å²) in [5, 5.41) is 32.2. The van der Waals surface area contributed by atoms with Gasteiger partial charge in [-0.2, -0.15) is 0 Å². The van der Waals surface area contributed by atoms with Crippen molar-refractivity contribution in [3.8, 4) is 0 Å². The van der Waals surface area contributed by atoms with Crippen LogP contribution in [0.3, 0.4) is 0 Å². The molecule has 0 aliphatic carbocycles. The molecule has 0 saturated carbocycles. The van der Waals surface area contributed by atoms with Crippen LogP contribution in [0.25, 0.3) is 0 Å². The summed E-state index contributed by atoms with van der Waals surface area (Å²) < 4.78 is 0. The Balaban J connectivity index is 0. The lowest BCUT2D eigenvalue weighted by molar-refractivity contribution is -0.135. The smallest absolute Gasteiger partial charge is 0.331 e. The summed E-state index contributed by atoms with van der Waals surface area (Å²) in [6.45, 7) is 2.44. The van der Waals surface area contributed by atoms with Gasteiger partial charge in [0.2, 0.25) is 0 Å². The van der Waals surface area contributed by atoms with E-state index in [1.807, 2.05) is 0 Å². The zero-order valence-electron chi connectivity index (χ0n) is 9.58. The first-order chi connectivity index (χ1) is 8.07. The molecule has 0 bridgehead atoms. The van der Waals surface area contributed by atoms with Crippen LogP contribution in [0.4, 0.5) is 0 Å². The van der Waals surface area contributed by atoms with Crippen molar-refractivity contribution in [2.75, 3.05) is 0 Å². The number of hydrogen-bond acceptors (Lipinski definition) is 4. The van der Waals surface area contributed by atoms with E-state index < -0.39 is 23.9 Å². The van der Waals surface area contributed by atoms with Gasteiger partial charge in [-0.1, -0.05) is 0 Å². The van der Waals surface area contributed by atoms with Gasteiger partial charge < -0.3 is 20.4 Å². The van der Waals surface area contributed by atoms with E-state index >= 15 is 0 Å². The van der Waals surface area contributed by atoms with Gasteiger partial charge in [-0.25, -0.2) is 19.2 Å². The van der Waals surface area contributed by atoms with Crippen molar-refractivity contribution in [3.63, 3.8) is 0 Å². The van der Waals surface area contributed by atoms with E-state index in [-0.39, 0.29) is 11.1 Å². The Morgan fingerprint density at radius 3 is 0.944 bits per heavy atom. The van der Waals surface area contributed by atoms with Crippen LogP contribution in [-0.2, 0) is 19.2 Å². The lowest BCUT2D eigenvalue weighted by Gasteiger charge is -1.86. The van der Waals surface area contributed by atoms with Crippen molar-refractivity contribution >= 4 is 23.9 Å². The first-order valence-electron chi connectivity index (χ1n) is 4.37. The first kappa shape index (κ1) is 17.7. The summed E-state index contributed by atoms with van der Waals surface area (Å²) in [6, 6.07) is 0. The maximum Gasteiger partial charge on any atom is 0.331 e. The molecule has 8 heteroatoms. The Labute approximate surface area is 101 Å². The molecule has 0 aromatic rings. The SMILES string of the molecule is C/C(=C/C(=O)O)C(=O)O.C/C(=C/C(=O)O)C(=O)O. The third-order valence-corrected chi connectivity index (χ3v) is 1.35. The van der Waals surface area contributed by atoms with Crippen LogP contribution in [-0.4, -0.2) is 44.3 Å². The zero-order chi connectivity index (χ0) is 14.9. The quantitative estimate of drug-likeness (QED) is 0.523. The van der Waals surface area contributed by atoms with E-state index in [0.717, 1.165) is 0 Å². The first-order valence-corrected chi connectivity index (χ1v) is 4.37. The normalized spacial score (nSPS) is 11.0. The Bertz CT molecular complexity index is 376. The lowest BCUT2D eigenvalue weighted by Crippen LogP contribution is -1.99. The third-order valence-electron chi connectivity index (χ3n) is 1.35. The van der Waals surface area contributed by atoms with Gasteiger partial charge in [-0.05, 0) is 13.8 Å². The van der Waals surface area contributed by atoms with Crippen LogP contribution in [0.2, 0.25) is 0 Å². The topological polar surface area (TPSA) is 149 Å². The standard InChI is InChI=1S/2C5H6O4/c2*1-3(5(8)9)2-4(6)7/h2*2H,1H3,(H,6,7)(H,8,9)/b2*3-2-. The van der Waals surface area contributed by atoms with Crippen LogP contribution in [0.15, 0.2) is 23.3 Å². The predicted molar refractivity (Wildman–Crippen MR) is 58.1 cm³/mol. The van der Waals surface area contributed by atoms with E-state index in [1.165, 1.54) is 13.8 Å². The summed E-state index contributed by atoms with van der Waals surface area (Å²) in [5.41, 5.74) is -0.356. The lowest BCUT2D eigenvalue weighted by atomic mass is 10.3. The molecule has 0 amide bonds.